The second-order valence-corrected chi connectivity index (χ2v) is 3.79. The highest BCUT2D eigenvalue weighted by atomic mass is 16.7. The van der Waals surface area contributed by atoms with Gasteiger partial charge in [0, 0.05) is 0 Å². The van der Waals surface area contributed by atoms with Crippen molar-refractivity contribution < 1.29 is 14.3 Å². The van der Waals surface area contributed by atoms with Crippen LogP contribution in [0.2, 0.25) is 0 Å². The average Bonchev–Trinajstić information content (AvgIpc) is 2.14. The third-order valence-corrected chi connectivity index (χ3v) is 2.18. The van der Waals surface area contributed by atoms with E-state index in [4.69, 9.17) is 9.47 Å². The summed E-state index contributed by atoms with van der Waals surface area (Å²) in [5.74, 6) is 0.407. The first-order valence-corrected chi connectivity index (χ1v) is 5.43. The molecule has 0 saturated carbocycles. The van der Waals surface area contributed by atoms with Crippen LogP contribution in [0.25, 0.3) is 0 Å². The molecular formula is C11H22O3. The topological polar surface area (TPSA) is 35.5 Å². The molecule has 0 heterocycles. The van der Waals surface area contributed by atoms with Crippen molar-refractivity contribution in [3.8, 4) is 0 Å². The Balaban J connectivity index is 3.54. The highest BCUT2D eigenvalue weighted by Crippen LogP contribution is 2.05. The molecule has 2 unspecified atom stereocenters. The molecule has 0 aromatic heterocycles. The number of rotatable bonds is 6. The Hall–Kier alpha value is -0.730. The van der Waals surface area contributed by atoms with E-state index in [0.717, 1.165) is 19.3 Å². The number of carbonyl (C=O) groups excluding carboxylic acids is 1. The Morgan fingerprint density at radius 3 is 2.43 bits per heavy atom. The molecule has 0 N–H and O–H groups in total. The quantitative estimate of drug-likeness (QED) is 0.619. The van der Waals surface area contributed by atoms with E-state index in [1.54, 1.807) is 0 Å². The molecule has 0 spiro atoms. The number of hydrogen-bond acceptors (Lipinski definition) is 3. The van der Waals surface area contributed by atoms with Crippen molar-refractivity contribution in [2.45, 2.75) is 53.1 Å². The molecule has 2 atom stereocenters. The normalized spacial score (nSPS) is 14.6. The maximum Gasteiger partial charge on any atom is 0.508 e. The average molecular weight is 202 g/mol. The lowest BCUT2D eigenvalue weighted by molar-refractivity contribution is 0.0192. The summed E-state index contributed by atoms with van der Waals surface area (Å²) in [6, 6.07) is 0. The number of ether oxygens (including phenoxy) is 2. The molecule has 0 fully saturated rings. The second kappa shape index (κ2) is 7.65. The van der Waals surface area contributed by atoms with Crippen molar-refractivity contribution in [3.63, 3.8) is 0 Å². The van der Waals surface area contributed by atoms with E-state index in [9.17, 15) is 4.79 Å². The van der Waals surface area contributed by atoms with Crippen molar-refractivity contribution in [2.24, 2.45) is 5.92 Å². The number of hydrogen-bond donors (Lipinski definition) is 0. The van der Waals surface area contributed by atoms with Gasteiger partial charge < -0.3 is 9.47 Å². The van der Waals surface area contributed by atoms with Crippen molar-refractivity contribution in [3.05, 3.63) is 0 Å². The van der Waals surface area contributed by atoms with Gasteiger partial charge >= 0.3 is 6.16 Å². The highest BCUT2D eigenvalue weighted by molar-refractivity contribution is 5.60. The molecule has 0 rings (SSSR count). The minimum Gasteiger partial charge on any atom is -0.434 e. The van der Waals surface area contributed by atoms with E-state index in [0.29, 0.717) is 12.5 Å². The van der Waals surface area contributed by atoms with Gasteiger partial charge in [0.2, 0.25) is 0 Å². The summed E-state index contributed by atoms with van der Waals surface area (Å²) in [5, 5.41) is 0. The van der Waals surface area contributed by atoms with Crippen LogP contribution in [-0.4, -0.2) is 18.9 Å². The zero-order valence-electron chi connectivity index (χ0n) is 9.71. The van der Waals surface area contributed by atoms with Gasteiger partial charge in [-0.25, -0.2) is 4.79 Å². The SMILES string of the molecule is CCCC(C)OC(=O)OCC(C)CC. The van der Waals surface area contributed by atoms with Gasteiger partial charge in [0.15, 0.2) is 0 Å². The Labute approximate surface area is 86.8 Å². The van der Waals surface area contributed by atoms with Crippen LogP contribution in [0, 0.1) is 5.92 Å². The Bertz CT molecular complexity index is 157. The zero-order chi connectivity index (χ0) is 11.0. The van der Waals surface area contributed by atoms with Gasteiger partial charge in [-0.05, 0) is 19.3 Å². The molecule has 3 nitrogen and oxygen atoms in total. The third-order valence-electron chi connectivity index (χ3n) is 2.18. The molecule has 0 aliphatic carbocycles. The van der Waals surface area contributed by atoms with Crippen LogP contribution < -0.4 is 0 Å². The number of carbonyl (C=O) groups is 1. The molecule has 0 amide bonds. The monoisotopic (exact) mass is 202 g/mol. The predicted molar refractivity (Wildman–Crippen MR) is 56.3 cm³/mol. The molecule has 0 aliphatic rings. The van der Waals surface area contributed by atoms with Gasteiger partial charge in [-0.1, -0.05) is 33.6 Å². The largest absolute Gasteiger partial charge is 0.508 e. The summed E-state index contributed by atoms with van der Waals surface area (Å²) in [4.78, 5) is 11.1. The lowest BCUT2D eigenvalue weighted by Gasteiger charge is -2.13. The Morgan fingerprint density at radius 1 is 1.29 bits per heavy atom. The fourth-order valence-electron chi connectivity index (χ4n) is 0.992. The fourth-order valence-corrected chi connectivity index (χ4v) is 0.992. The van der Waals surface area contributed by atoms with Crippen molar-refractivity contribution in [1.82, 2.24) is 0 Å². The molecule has 0 bridgehead atoms. The van der Waals surface area contributed by atoms with Crippen LogP contribution in [0.5, 0.6) is 0 Å². The van der Waals surface area contributed by atoms with Crippen LogP contribution in [0.4, 0.5) is 4.79 Å². The first-order chi connectivity index (χ1) is 6.60. The summed E-state index contributed by atoms with van der Waals surface area (Å²) in [7, 11) is 0. The smallest absolute Gasteiger partial charge is 0.434 e. The van der Waals surface area contributed by atoms with Crippen LogP contribution in [0.1, 0.15) is 47.0 Å². The zero-order valence-corrected chi connectivity index (χ0v) is 9.71. The lowest BCUT2D eigenvalue weighted by atomic mass is 10.1. The minimum atomic E-state index is -0.536. The van der Waals surface area contributed by atoms with Crippen LogP contribution in [-0.2, 0) is 9.47 Å². The standard InChI is InChI=1S/C11H22O3/c1-5-7-10(4)14-11(12)13-8-9(3)6-2/h9-10H,5-8H2,1-4H3. The third kappa shape index (κ3) is 6.75. The van der Waals surface area contributed by atoms with Gasteiger partial charge in [0.1, 0.15) is 6.10 Å². The summed E-state index contributed by atoms with van der Waals surface area (Å²) < 4.78 is 9.98. The van der Waals surface area contributed by atoms with Gasteiger partial charge in [0.05, 0.1) is 6.61 Å². The van der Waals surface area contributed by atoms with Crippen molar-refractivity contribution >= 4 is 6.16 Å². The molecule has 0 aromatic carbocycles. The first-order valence-electron chi connectivity index (χ1n) is 5.43. The second-order valence-electron chi connectivity index (χ2n) is 3.79. The minimum absolute atomic E-state index is 0.0376. The molecule has 3 heteroatoms. The van der Waals surface area contributed by atoms with Crippen molar-refractivity contribution in [1.29, 1.82) is 0 Å². The maximum atomic E-state index is 11.1. The molecular weight excluding hydrogens is 180 g/mol. The van der Waals surface area contributed by atoms with Gasteiger partial charge in [-0.15, -0.1) is 0 Å². The Morgan fingerprint density at radius 2 is 1.93 bits per heavy atom. The van der Waals surface area contributed by atoms with Gasteiger partial charge in [-0.2, -0.15) is 0 Å². The van der Waals surface area contributed by atoms with E-state index < -0.39 is 6.16 Å². The Kier molecular flexibility index (Phi) is 7.25. The van der Waals surface area contributed by atoms with Crippen LogP contribution in [0.3, 0.4) is 0 Å². The lowest BCUT2D eigenvalue weighted by Crippen LogP contribution is -2.18. The predicted octanol–water partition coefficient (Wildman–Crippen LogP) is 3.37. The van der Waals surface area contributed by atoms with Crippen LogP contribution in [0.15, 0.2) is 0 Å². The fraction of sp³-hybridized carbons (Fsp3) is 0.909. The van der Waals surface area contributed by atoms with E-state index >= 15 is 0 Å². The molecule has 0 aliphatic heterocycles. The molecule has 0 radical (unpaired) electrons. The maximum absolute atomic E-state index is 11.1. The molecule has 14 heavy (non-hydrogen) atoms. The van der Waals surface area contributed by atoms with E-state index in [2.05, 4.69) is 13.8 Å². The van der Waals surface area contributed by atoms with E-state index in [1.807, 2.05) is 13.8 Å². The van der Waals surface area contributed by atoms with Gasteiger partial charge in [-0.3, -0.25) is 0 Å². The van der Waals surface area contributed by atoms with E-state index in [1.165, 1.54) is 0 Å². The first kappa shape index (κ1) is 13.3. The highest BCUT2D eigenvalue weighted by Gasteiger charge is 2.10. The van der Waals surface area contributed by atoms with Gasteiger partial charge in [0.25, 0.3) is 0 Å². The molecule has 84 valence electrons. The summed E-state index contributed by atoms with van der Waals surface area (Å²) >= 11 is 0. The van der Waals surface area contributed by atoms with Crippen LogP contribution >= 0.6 is 0 Å². The summed E-state index contributed by atoms with van der Waals surface area (Å²) in [5.41, 5.74) is 0. The molecule has 0 saturated heterocycles. The van der Waals surface area contributed by atoms with Crippen molar-refractivity contribution in [2.75, 3.05) is 6.61 Å². The van der Waals surface area contributed by atoms with E-state index in [-0.39, 0.29) is 6.10 Å². The summed E-state index contributed by atoms with van der Waals surface area (Å²) in [6.07, 6.45) is 2.34. The molecule has 0 aromatic rings. The summed E-state index contributed by atoms with van der Waals surface area (Å²) in [6.45, 7) is 8.51.